The Morgan fingerprint density at radius 3 is 2.69 bits per heavy atom. The maximum Gasteiger partial charge on any atom is 0.239 e. The van der Waals surface area contributed by atoms with Gasteiger partial charge in [0.25, 0.3) is 0 Å². The highest BCUT2D eigenvalue weighted by molar-refractivity contribution is 5.82. The van der Waals surface area contributed by atoms with E-state index in [4.69, 9.17) is 0 Å². The van der Waals surface area contributed by atoms with E-state index in [1.807, 2.05) is 11.8 Å². The first kappa shape index (κ1) is 11.9. The SMILES string of the molecule is CC1NCCN(CCN2CCCCC2)C1=O. The Hall–Kier alpha value is -0.610. The van der Waals surface area contributed by atoms with E-state index in [1.165, 1.54) is 32.4 Å². The van der Waals surface area contributed by atoms with Crippen LogP contribution in [-0.2, 0) is 4.79 Å². The van der Waals surface area contributed by atoms with Crippen LogP contribution in [0.5, 0.6) is 0 Å². The van der Waals surface area contributed by atoms with E-state index < -0.39 is 0 Å². The van der Waals surface area contributed by atoms with Gasteiger partial charge >= 0.3 is 0 Å². The zero-order valence-corrected chi connectivity index (χ0v) is 10.2. The summed E-state index contributed by atoms with van der Waals surface area (Å²) in [5.41, 5.74) is 0. The number of amides is 1. The van der Waals surface area contributed by atoms with Gasteiger partial charge in [0, 0.05) is 26.2 Å². The summed E-state index contributed by atoms with van der Waals surface area (Å²) in [7, 11) is 0. The van der Waals surface area contributed by atoms with E-state index in [-0.39, 0.29) is 11.9 Å². The van der Waals surface area contributed by atoms with Crippen molar-refractivity contribution in [3.63, 3.8) is 0 Å². The number of piperidine rings is 1. The van der Waals surface area contributed by atoms with Crippen molar-refractivity contribution in [2.75, 3.05) is 39.3 Å². The van der Waals surface area contributed by atoms with Crippen LogP contribution in [-0.4, -0.2) is 61.0 Å². The van der Waals surface area contributed by atoms with E-state index in [0.717, 1.165) is 26.2 Å². The Kier molecular flexibility index (Phi) is 4.18. The molecule has 2 fully saturated rings. The molecule has 0 aromatic rings. The first-order valence-corrected chi connectivity index (χ1v) is 6.52. The van der Waals surface area contributed by atoms with Crippen molar-refractivity contribution in [3.05, 3.63) is 0 Å². The Balaban J connectivity index is 1.73. The van der Waals surface area contributed by atoms with Crippen molar-refractivity contribution in [2.45, 2.75) is 32.2 Å². The molecule has 1 amide bonds. The summed E-state index contributed by atoms with van der Waals surface area (Å²) in [6, 6.07) is 0.00936. The van der Waals surface area contributed by atoms with Crippen LogP contribution in [0.25, 0.3) is 0 Å². The molecule has 1 N–H and O–H groups in total. The zero-order valence-electron chi connectivity index (χ0n) is 10.2. The first-order valence-electron chi connectivity index (χ1n) is 6.52. The van der Waals surface area contributed by atoms with Gasteiger partial charge in [-0.3, -0.25) is 4.79 Å². The highest BCUT2D eigenvalue weighted by atomic mass is 16.2. The molecule has 2 aliphatic rings. The lowest BCUT2D eigenvalue weighted by Crippen LogP contribution is -2.55. The predicted octanol–water partition coefficient (Wildman–Crippen LogP) is 0.293. The van der Waals surface area contributed by atoms with Crippen molar-refractivity contribution >= 4 is 5.91 Å². The van der Waals surface area contributed by atoms with Gasteiger partial charge in [-0.15, -0.1) is 0 Å². The number of nitrogens with zero attached hydrogens (tertiary/aromatic N) is 2. The van der Waals surface area contributed by atoms with E-state index in [1.54, 1.807) is 0 Å². The number of carbonyl (C=O) groups excluding carboxylic acids is 1. The minimum Gasteiger partial charge on any atom is -0.339 e. The lowest BCUT2D eigenvalue weighted by molar-refractivity contribution is -0.135. The van der Waals surface area contributed by atoms with Crippen LogP contribution in [0.2, 0.25) is 0 Å². The summed E-state index contributed by atoms with van der Waals surface area (Å²) >= 11 is 0. The molecule has 0 aliphatic carbocycles. The molecule has 4 nitrogen and oxygen atoms in total. The third-order valence-electron chi connectivity index (χ3n) is 3.65. The summed E-state index contributed by atoms with van der Waals surface area (Å²) in [5, 5.41) is 3.19. The summed E-state index contributed by atoms with van der Waals surface area (Å²) < 4.78 is 0. The molecular weight excluding hydrogens is 202 g/mol. The maximum absolute atomic E-state index is 11.8. The molecule has 1 atom stereocenters. The number of hydrogen-bond acceptors (Lipinski definition) is 3. The molecule has 2 aliphatic heterocycles. The van der Waals surface area contributed by atoms with Gasteiger partial charge in [0.15, 0.2) is 0 Å². The van der Waals surface area contributed by atoms with Crippen LogP contribution >= 0.6 is 0 Å². The fraction of sp³-hybridized carbons (Fsp3) is 0.917. The number of carbonyl (C=O) groups is 1. The fourth-order valence-corrected chi connectivity index (χ4v) is 2.55. The first-order chi connectivity index (χ1) is 7.77. The number of nitrogens with one attached hydrogen (secondary N) is 1. The van der Waals surface area contributed by atoms with Crippen LogP contribution in [0.3, 0.4) is 0 Å². The van der Waals surface area contributed by atoms with Crippen LogP contribution in [0.15, 0.2) is 0 Å². The molecule has 2 rings (SSSR count). The van der Waals surface area contributed by atoms with Crippen LogP contribution in [0.4, 0.5) is 0 Å². The maximum atomic E-state index is 11.8. The average Bonchev–Trinajstić information content (AvgIpc) is 2.32. The summed E-state index contributed by atoms with van der Waals surface area (Å²) in [5.74, 6) is 0.267. The monoisotopic (exact) mass is 225 g/mol. The topological polar surface area (TPSA) is 35.6 Å². The van der Waals surface area contributed by atoms with Gasteiger partial charge in [0.1, 0.15) is 0 Å². The second-order valence-corrected chi connectivity index (χ2v) is 4.90. The van der Waals surface area contributed by atoms with Crippen LogP contribution in [0.1, 0.15) is 26.2 Å². The Morgan fingerprint density at radius 2 is 1.94 bits per heavy atom. The van der Waals surface area contributed by atoms with Crippen molar-refractivity contribution < 1.29 is 4.79 Å². The Bertz CT molecular complexity index is 238. The molecule has 0 saturated carbocycles. The smallest absolute Gasteiger partial charge is 0.239 e. The van der Waals surface area contributed by atoms with E-state index in [9.17, 15) is 4.79 Å². The number of piperazine rings is 1. The van der Waals surface area contributed by atoms with Gasteiger partial charge in [0.05, 0.1) is 6.04 Å². The average molecular weight is 225 g/mol. The molecule has 92 valence electrons. The predicted molar refractivity (Wildman–Crippen MR) is 64.3 cm³/mol. The highest BCUT2D eigenvalue weighted by Gasteiger charge is 2.24. The van der Waals surface area contributed by atoms with Crippen molar-refractivity contribution in [3.8, 4) is 0 Å². The minimum atomic E-state index is 0.00936. The molecule has 4 heteroatoms. The molecular formula is C12H23N3O. The molecule has 2 heterocycles. The number of rotatable bonds is 3. The van der Waals surface area contributed by atoms with Crippen LogP contribution < -0.4 is 5.32 Å². The third-order valence-corrected chi connectivity index (χ3v) is 3.65. The van der Waals surface area contributed by atoms with Gasteiger partial charge in [0.2, 0.25) is 5.91 Å². The molecule has 2 saturated heterocycles. The highest BCUT2D eigenvalue weighted by Crippen LogP contribution is 2.09. The quantitative estimate of drug-likeness (QED) is 0.750. The summed E-state index contributed by atoms with van der Waals surface area (Å²) in [6.45, 7) is 8.16. The summed E-state index contributed by atoms with van der Waals surface area (Å²) in [4.78, 5) is 16.3. The molecule has 0 aromatic carbocycles. The van der Waals surface area contributed by atoms with Crippen LogP contribution in [0, 0.1) is 0 Å². The van der Waals surface area contributed by atoms with Crippen molar-refractivity contribution in [1.82, 2.24) is 15.1 Å². The van der Waals surface area contributed by atoms with E-state index >= 15 is 0 Å². The van der Waals surface area contributed by atoms with Gasteiger partial charge in [-0.25, -0.2) is 0 Å². The minimum absolute atomic E-state index is 0.00936. The third kappa shape index (κ3) is 2.95. The number of likely N-dealkylation sites (tertiary alicyclic amines) is 1. The molecule has 0 radical (unpaired) electrons. The Morgan fingerprint density at radius 1 is 1.19 bits per heavy atom. The largest absolute Gasteiger partial charge is 0.339 e. The Labute approximate surface area is 98.0 Å². The lowest BCUT2D eigenvalue weighted by Gasteiger charge is -2.34. The number of hydrogen-bond donors (Lipinski definition) is 1. The standard InChI is InChI=1S/C12H23N3O/c1-11-12(16)15(8-5-13-11)10-9-14-6-3-2-4-7-14/h11,13H,2-10H2,1H3. The van der Waals surface area contributed by atoms with Crippen molar-refractivity contribution in [1.29, 1.82) is 0 Å². The molecule has 0 aromatic heterocycles. The van der Waals surface area contributed by atoms with Crippen molar-refractivity contribution in [2.24, 2.45) is 0 Å². The lowest BCUT2D eigenvalue weighted by atomic mass is 10.1. The molecule has 1 unspecified atom stereocenters. The zero-order chi connectivity index (χ0) is 11.4. The second-order valence-electron chi connectivity index (χ2n) is 4.90. The van der Waals surface area contributed by atoms with E-state index in [0.29, 0.717) is 0 Å². The van der Waals surface area contributed by atoms with E-state index in [2.05, 4.69) is 10.2 Å². The molecule has 16 heavy (non-hydrogen) atoms. The second kappa shape index (κ2) is 5.64. The molecule has 0 bridgehead atoms. The summed E-state index contributed by atoms with van der Waals surface area (Å²) in [6.07, 6.45) is 4.03. The van der Waals surface area contributed by atoms with Gasteiger partial charge < -0.3 is 15.1 Å². The van der Waals surface area contributed by atoms with Gasteiger partial charge in [-0.1, -0.05) is 6.42 Å². The normalized spacial score (nSPS) is 28.4. The van der Waals surface area contributed by atoms with Gasteiger partial charge in [-0.2, -0.15) is 0 Å². The van der Waals surface area contributed by atoms with Gasteiger partial charge in [-0.05, 0) is 32.9 Å². The molecule has 0 spiro atoms. The fourth-order valence-electron chi connectivity index (χ4n) is 2.55.